The van der Waals surface area contributed by atoms with Crippen LogP contribution in [0.5, 0.6) is 0 Å². The number of carbonyl (C=O) groups excluding carboxylic acids is 1. The Morgan fingerprint density at radius 1 is 0.964 bits per heavy atom. The Balaban J connectivity index is 1.77. The molecule has 28 heavy (non-hydrogen) atoms. The molecule has 0 bridgehead atoms. The molecule has 1 N–H and O–H groups in total. The van der Waals surface area contributed by atoms with E-state index in [-0.39, 0.29) is 5.97 Å². The maximum Gasteiger partial charge on any atom is 0.340 e. The molecule has 0 spiro atoms. The number of H-pyrrole nitrogens is 1. The summed E-state index contributed by atoms with van der Waals surface area (Å²) in [5.41, 5.74) is 3.67. The summed E-state index contributed by atoms with van der Waals surface area (Å²) in [5, 5.41) is 0.808. The van der Waals surface area contributed by atoms with Gasteiger partial charge in [0, 0.05) is 30.9 Å². The molecule has 5 nitrogen and oxygen atoms in total. The minimum Gasteiger partial charge on any atom is -0.465 e. The van der Waals surface area contributed by atoms with Gasteiger partial charge in [-0.15, -0.1) is 0 Å². The Labute approximate surface area is 163 Å². The van der Waals surface area contributed by atoms with E-state index in [1.54, 1.807) is 6.20 Å². The van der Waals surface area contributed by atoms with E-state index in [1.807, 2.05) is 48.7 Å². The van der Waals surface area contributed by atoms with Gasteiger partial charge in [0.25, 0.3) is 0 Å². The van der Waals surface area contributed by atoms with Crippen molar-refractivity contribution in [2.24, 2.45) is 0 Å². The maximum atomic E-state index is 12.1. The standard InChI is InChI=1S/C23H21N3O2/c1-28-23(27)20-14-25-22(21-19(20)12-13-24-21)26(15-17-8-4-2-5-9-17)16-18-10-6-3-7-11-18/h2-14,24H,15-16H2,1H3. The highest BCUT2D eigenvalue weighted by Crippen LogP contribution is 2.29. The van der Waals surface area contributed by atoms with E-state index in [2.05, 4.69) is 39.1 Å². The third kappa shape index (κ3) is 3.60. The summed E-state index contributed by atoms with van der Waals surface area (Å²) in [7, 11) is 1.38. The molecule has 5 heteroatoms. The zero-order chi connectivity index (χ0) is 19.3. The van der Waals surface area contributed by atoms with Crippen molar-refractivity contribution >= 4 is 22.7 Å². The minimum atomic E-state index is -0.388. The minimum absolute atomic E-state index is 0.388. The quantitative estimate of drug-likeness (QED) is 0.505. The molecule has 2 heterocycles. The van der Waals surface area contributed by atoms with Gasteiger partial charge >= 0.3 is 5.97 Å². The summed E-state index contributed by atoms with van der Waals surface area (Å²) in [6.45, 7) is 1.41. The summed E-state index contributed by atoms with van der Waals surface area (Å²) < 4.78 is 4.90. The van der Waals surface area contributed by atoms with Crippen molar-refractivity contribution in [1.29, 1.82) is 0 Å². The zero-order valence-corrected chi connectivity index (χ0v) is 15.6. The number of aromatic amines is 1. The maximum absolute atomic E-state index is 12.1. The highest BCUT2D eigenvalue weighted by molar-refractivity contribution is 6.06. The van der Waals surface area contributed by atoms with Crippen LogP contribution in [0.2, 0.25) is 0 Å². The number of methoxy groups -OCH3 is 1. The van der Waals surface area contributed by atoms with Crippen molar-refractivity contribution in [2.75, 3.05) is 12.0 Å². The number of pyridine rings is 1. The van der Waals surface area contributed by atoms with Crippen LogP contribution < -0.4 is 4.90 Å². The first-order chi connectivity index (χ1) is 13.8. The number of esters is 1. The monoisotopic (exact) mass is 371 g/mol. The molecule has 0 amide bonds. The first-order valence-corrected chi connectivity index (χ1v) is 9.13. The van der Waals surface area contributed by atoms with Gasteiger partial charge in [-0.1, -0.05) is 60.7 Å². The molecule has 0 unspecified atom stereocenters. The molecule has 0 fully saturated rings. The van der Waals surface area contributed by atoms with Crippen molar-refractivity contribution in [1.82, 2.24) is 9.97 Å². The average Bonchev–Trinajstić information content (AvgIpc) is 3.23. The summed E-state index contributed by atoms with van der Waals surface area (Å²) in [6, 6.07) is 22.5. The molecule has 2 aromatic heterocycles. The van der Waals surface area contributed by atoms with Gasteiger partial charge in [-0.25, -0.2) is 9.78 Å². The second kappa shape index (κ2) is 7.96. The summed E-state index contributed by atoms with van der Waals surface area (Å²) in [6.07, 6.45) is 3.42. The summed E-state index contributed by atoms with van der Waals surface area (Å²) in [4.78, 5) is 22.2. The fraction of sp³-hybridized carbons (Fsp3) is 0.130. The number of aromatic nitrogens is 2. The number of anilines is 1. The Morgan fingerprint density at radius 2 is 1.57 bits per heavy atom. The van der Waals surface area contributed by atoms with Crippen LogP contribution in [0.15, 0.2) is 79.1 Å². The smallest absolute Gasteiger partial charge is 0.340 e. The second-order valence-electron chi connectivity index (χ2n) is 6.58. The third-order valence-corrected chi connectivity index (χ3v) is 4.71. The number of rotatable bonds is 6. The number of nitrogens with one attached hydrogen (secondary N) is 1. The molecule has 2 aromatic carbocycles. The molecule has 0 aliphatic carbocycles. The lowest BCUT2D eigenvalue weighted by atomic mass is 10.1. The van der Waals surface area contributed by atoms with E-state index in [0.717, 1.165) is 16.7 Å². The van der Waals surface area contributed by atoms with Crippen molar-refractivity contribution < 1.29 is 9.53 Å². The zero-order valence-electron chi connectivity index (χ0n) is 15.6. The van der Waals surface area contributed by atoms with E-state index in [1.165, 1.54) is 18.2 Å². The van der Waals surface area contributed by atoms with Crippen LogP contribution in [0.1, 0.15) is 21.5 Å². The number of hydrogen-bond donors (Lipinski definition) is 1. The molecular weight excluding hydrogens is 350 g/mol. The number of carbonyl (C=O) groups is 1. The predicted molar refractivity (Wildman–Crippen MR) is 110 cm³/mol. The molecule has 140 valence electrons. The van der Waals surface area contributed by atoms with Crippen molar-refractivity contribution in [2.45, 2.75) is 13.1 Å². The summed E-state index contributed by atoms with van der Waals surface area (Å²) in [5.74, 6) is 0.418. The van der Waals surface area contributed by atoms with Gasteiger partial charge in [-0.3, -0.25) is 0 Å². The van der Waals surface area contributed by atoms with E-state index in [4.69, 9.17) is 4.74 Å². The first kappa shape index (κ1) is 17.8. The van der Waals surface area contributed by atoms with Crippen LogP contribution in [0.25, 0.3) is 10.9 Å². The van der Waals surface area contributed by atoms with Gasteiger partial charge in [0.2, 0.25) is 0 Å². The first-order valence-electron chi connectivity index (χ1n) is 9.13. The van der Waals surface area contributed by atoms with E-state index in [9.17, 15) is 4.79 Å². The largest absolute Gasteiger partial charge is 0.465 e. The third-order valence-electron chi connectivity index (χ3n) is 4.71. The van der Waals surface area contributed by atoms with Crippen LogP contribution in [0.3, 0.4) is 0 Å². The van der Waals surface area contributed by atoms with Crippen LogP contribution in [-0.2, 0) is 17.8 Å². The number of ether oxygens (including phenoxy) is 1. The van der Waals surface area contributed by atoms with Crippen LogP contribution >= 0.6 is 0 Å². The molecule has 4 aromatic rings. The lowest BCUT2D eigenvalue weighted by Crippen LogP contribution is -2.23. The van der Waals surface area contributed by atoms with Gasteiger partial charge in [0.1, 0.15) is 0 Å². The van der Waals surface area contributed by atoms with E-state index in [0.29, 0.717) is 18.7 Å². The normalized spacial score (nSPS) is 10.8. The Kier molecular flexibility index (Phi) is 5.06. The second-order valence-corrected chi connectivity index (χ2v) is 6.58. The van der Waals surface area contributed by atoms with Crippen LogP contribution in [-0.4, -0.2) is 23.0 Å². The highest BCUT2D eigenvalue weighted by Gasteiger charge is 2.19. The Hall–Kier alpha value is -3.60. The van der Waals surface area contributed by atoms with Crippen molar-refractivity contribution in [3.8, 4) is 0 Å². The van der Waals surface area contributed by atoms with E-state index >= 15 is 0 Å². The lowest BCUT2D eigenvalue weighted by Gasteiger charge is -2.25. The molecular formula is C23H21N3O2. The number of fused-ring (bicyclic) bond motifs is 1. The van der Waals surface area contributed by atoms with Gasteiger partial charge in [-0.05, 0) is 17.2 Å². The van der Waals surface area contributed by atoms with Crippen molar-refractivity contribution in [3.05, 3.63) is 95.8 Å². The molecule has 0 saturated heterocycles. The summed E-state index contributed by atoms with van der Waals surface area (Å²) >= 11 is 0. The lowest BCUT2D eigenvalue weighted by molar-refractivity contribution is 0.0602. The van der Waals surface area contributed by atoms with Gasteiger partial charge in [0.05, 0.1) is 18.2 Å². The molecule has 0 aliphatic rings. The van der Waals surface area contributed by atoms with Crippen molar-refractivity contribution in [3.63, 3.8) is 0 Å². The molecule has 0 radical (unpaired) electrons. The van der Waals surface area contributed by atoms with Gasteiger partial charge in [-0.2, -0.15) is 0 Å². The molecule has 0 aliphatic heterocycles. The molecule has 0 atom stereocenters. The fourth-order valence-corrected chi connectivity index (χ4v) is 3.36. The Morgan fingerprint density at radius 3 is 2.14 bits per heavy atom. The van der Waals surface area contributed by atoms with Gasteiger partial charge in [0.15, 0.2) is 5.82 Å². The number of nitrogens with zero attached hydrogens (tertiary/aromatic N) is 2. The van der Waals surface area contributed by atoms with Crippen LogP contribution in [0, 0.1) is 0 Å². The SMILES string of the molecule is COC(=O)c1cnc(N(Cc2ccccc2)Cc2ccccc2)c2[nH]ccc12. The highest BCUT2D eigenvalue weighted by atomic mass is 16.5. The van der Waals surface area contributed by atoms with E-state index < -0.39 is 0 Å². The average molecular weight is 371 g/mol. The van der Waals surface area contributed by atoms with Crippen LogP contribution in [0.4, 0.5) is 5.82 Å². The number of benzene rings is 2. The fourth-order valence-electron chi connectivity index (χ4n) is 3.36. The molecule has 4 rings (SSSR count). The topological polar surface area (TPSA) is 58.2 Å². The number of hydrogen-bond acceptors (Lipinski definition) is 4. The molecule has 0 saturated carbocycles. The predicted octanol–water partition coefficient (Wildman–Crippen LogP) is 4.56. The van der Waals surface area contributed by atoms with Gasteiger partial charge < -0.3 is 14.6 Å². The Bertz CT molecular complexity index is 1030.